The van der Waals surface area contributed by atoms with Gasteiger partial charge >= 0.3 is 0 Å². The van der Waals surface area contributed by atoms with Crippen LogP contribution in [0.15, 0.2) is 67.4 Å². The van der Waals surface area contributed by atoms with Gasteiger partial charge in [0.2, 0.25) is 5.95 Å². The fourth-order valence-corrected chi connectivity index (χ4v) is 3.84. The van der Waals surface area contributed by atoms with Crippen molar-refractivity contribution in [1.82, 2.24) is 34.6 Å². The van der Waals surface area contributed by atoms with Crippen molar-refractivity contribution in [3.05, 3.63) is 84.3 Å². The molecule has 0 amide bonds. The van der Waals surface area contributed by atoms with E-state index in [9.17, 15) is 0 Å². The molecule has 1 unspecified atom stereocenters. The van der Waals surface area contributed by atoms with E-state index < -0.39 is 0 Å². The summed E-state index contributed by atoms with van der Waals surface area (Å²) in [7, 11) is 0. The van der Waals surface area contributed by atoms with E-state index >= 15 is 0 Å². The molecule has 1 atom stereocenters. The van der Waals surface area contributed by atoms with Crippen molar-refractivity contribution in [2.24, 2.45) is 0 Å². The van der Waals surface area contributed by atoms with Gasteiger partial charge in [0.1, 0.15) is 0 Å². The van der Waals surface area contributed by atoms with Gasteiger partial charge in [-0.2, -0.15) is 5.10 Å². The highest BCUT2D eigenvalue weighted by molar-refractivity contribution is 5.32. The minimum atomic E-state index is 0.279. The first-order valence-electron chi connectivity index (χ1n) is 9.55. The molecule has 28 heavy (non-hydrogen) atoms. The maximum absolute atomic E-state index is 4.62. The fraction of sp³-hybridized carbons (Fsp3) is 0.238. The molecule has 0 saturated heterocycles. The molecule has 0 saturated carbocycles. The van der Waals surface area contributed by atoms with Gasteiger partial charge in [-0.25, -0.2) is 19.6 Å². The smallest absolute Gasteiger partial charge is 0.233 e. The van der Waals surface area contributed by atoms with E-state index in [1.165, 1.54) is 11.3 Å². The van der Waals surface area contributed by atoms with Crippen molar-refractivity contribution in [3.8, 4) is 11.8 Å². The molecular weight excluding hydrogens is 350 g/mol. The Morgan fingerprint density at radius 1 is 1.00 bits per heavy atom. The lowest BCUT2D eigenvalue weighted by molar-refractivity contribution is 0.450. The zero-order valence-electron chi connectivity index (χ0n) is 15.4. The summed E-state index contributed by atoms with van der Waals surface area (Å²) in [6, 6.07) is 12.2. The topological polar surface area (TPSA) is 73.5 Å². The van der Waals surface area contributed by atoms with Gasteiger partial charge in [-0.15, -0.1) is 0 Å². The highest BCUT2D eigenvalue weighted by Crippen LogP contribution is 2.31. The largest absolute Gasteiger partial charge is 0.304 e. The molecular formula is C21H21N7. The molecule has 0 spiro atoms. The third kappa shape index (κ3) is 3.10. The first-order valence-corrected chi connectivity index (χ1v) is 9.55. The van der Waals surface area contributed by atoms with E-state index in [1.54, 1.807) is 12.4 Å². The number of rotatable bonds is 5. The summed E-state index contributed by atoms with van der Waals surface area (Å²) in [6.45, 7) is 0.740. The van der Waals surface area contributed by atoms with Crippen LogP contribution in [0.2, 0.25) is 0 Å². The number of nitrogens with one attached hydrogen (secondary N) is 1. The van der Waals surface area contributed by atoms with Crippen molar-refractivity contribution in [3.63, 3.8) is 0 Å². The predicted octanol–water partition coefficient (Wildman–Crippen LogP) is 3.02. The lowest BCUT2D eigenvalue weighted by Gasteiger charge is -2.24. The summed E-state index contributed by atoms with van der Waals surface area (Å²) in [5.41, 5.74) is 3.66. The summed E-state index contributed by atoms with van der Waals surface area (Å²) in [5, 5.41) is 8.32. The summed E-state index contributed by atoms with van der Waals surface area (Å²) in [5.74, 6) is 1.57. The molecule has 4 heterocycles. The Morgan fingerprint density at radius 2 is 1.89 bits per heavy atom. The van der Waals surface area contributed by atoms with Crippen molar-refractivity contribution < 1.29 is 0 Å². The van der Waals surface area contributed by atoms with E-state index in [-0.39, 0.29) is 6.04 Å². The Hall–Kier alpha value is -3.32. The molecule has 140 valence electrons. The minimum Gasteiger partial charge on any atom is -0.304 e. The Labute approximate surface area is 163 Å². The average molecular weight is 371 g/mol. The average Bonchev–Trinajstić information content (AvgIpc) is 3.41. The van der Waals surface area contributed by atoms with Gasteiger partial charge < -0.3 is 5.32 Å². The van der Waals surface area contributed by atoms with E-state index in [0.29, 0.717) is 5.95 Å². The van der Waals surface area contributed by atoms with Gasteiger partial charge in [0, 0.05) is 48.6 Å². The lowest BCUT2D eigenvalue weighted by atomic mass is 9.93. The second-order valence-electron chi connectivity index (χ2n) is 6.89. The number of hydrogen-bond donors (Lipinski definition) is 1. The first kappa shape index (κ1) is 16.8. The highest BCUT2D eigenvalue weighted by Gasteiger charge is 2.25. The molecule has 7 nitrogen and oxygen atoms in total. The van der Waals surface area contributed by atoms with Crippen LogP contribution in [0.1, 0.15) is 35.8 Å². The van der Waals surface area contributed by atoms with Crippen LogP contribution in [0.5, 0.6) is 0 Å². The van der Waals surface area contributed by atoms with Crippen molar-refractivity contribution >= 4 is 0 Å². The van der Waals surface area contributed by atoms with Crippen LogP contribution in [-0.4, -0.2) is 29.3 Å². The molecule has 0 fully saturated rings. The molecule has 0 aliphatic heterocycles. The van der Waals surface area contributed by atoms with E-state index in [4.69, 9.17) is 0 Å². The predicted molar refractivity (Wildman–Crippen MR) is 105 cm³/mol. The molecule has 0 bridgehead atoms. The first-order chi connectivity index (χ1) is 13.9. The zero-order chi connectivity index (χ0) is 18.8. The van der Waals surface area contributed by atoms with E-state index in [2.05, 4.69) is 31.4 Å². The molecule has 4 aromatic heterocycles. The number of fused-ring (bicyclic) bond motifs is 1. The molecule has 5 rings (SSSR count). The number of hydrogen-bond acceptors (Lipinski definition) is 5. The SMILES string of the molecule is c1ccc(-n2ncc3c2CCCC3NCc2cccn2-c2ncccn2)nc1. The Morgan fingerprint density at radius 3 is 2.75 bits per heavy atom. The summed E-state index contributed by atoms with van der Waals surface area (Å²) >= 11 is 0. The van der Waals surface area contributed by atoms with Crippen LogP contribution in [0.3, 0.4) is 0 Å². The van der Waals surface area contributed by atoms with E-state index in [0.717, 1.165) is 37.3 Å². The lowest BCUT2D eigenvalue weighted by Crippen LogP contribution is -2.26. The summed E-state index contributed by atoms with van der Waals surface area (Å²) in [6.07, 6.45) is 12.6. The van der Waals surface area contributed by atoms with Crippen molar-refractivity contribution in [1.29, 1.82) is 0 Å². The normalized spacial score (nSPS) is 16.1. The third-order valence-electron chi connectivity index (χ3n) is 5.18. The maximum Gasteiger partial charge on any atom is 0.233 e. The van der Waals surface area contributed by atoms with Gasteiger partial charge in [0.25, 0.3) is 0 Å². The number of nitrogens with zero attached hydrogens (tertiary/aromatic N) is 6. The molecule has 0 radical (unpaired) electrons. The Balaban J connectivity index is 1.37. The standard InChI is InChI=1S/C21H21N7/c1-2-10-22-20(9-1)28-19-8-3-7-18(17(19)15-26-28)25-14-16-6-4-13-27(16)21-23-11-5-12-24-21/h1-2,4-6,9-13,15,18,25H,3,7-8,14H2. The van der Waals surface area contributed by atoms with Crippen LogP contribution >= 0.6 is 0 Å². The van der Waals surface area contributed by atoms with Crippen LogP contribution in [0.25, 0.3) is 11.8 Å². The van der Waals surface area contributed by atoms with Crippen LogP contribution in [0, 0.1) is 0 Å². The molecule has 1 N–H and O–H groups in total. The highest BCUT2D eigenvalue weighted by atomic mass is 15.3. The Bertz CT molecular complexity index is 1050. The molecule has 0 aromatic carbocycles. The molecule has 1 aliphatic rings. The summed E-state index contributed by atoms with van der Waals surface area (Å²) in [4.78, 5) is 13.2. The molecule has 7 heteroatoms. The van der Waals surface area contributed by atoms with E-state index in [1.807, 2.05) is 58.2 Å². The van der Waals surface area contributed by atoms with Gasteiger partial charge in [0.05, 0.1) is 11.9 Å². The van der Waals surface area contributed by atoms with Gasteiger partial charge in [-0.1, -0.05) is 6.07 Å². The molecule has 1 aliphatic carbocycles. The second-order valence-corrected chi connectivity index (χ2v) is 6.89. The fourth-order valence-electron chi connectivity index (χ4n) is 3.84. The zero-order valence-corrected chi connectivity index (χ0v) is 15.4. The Kier molecular flexibility index (Phi) is 4.42. The van der Waals surface area contributed by atoms with Crippen LogP contribution < -0.4 is 5.32 Å². The van der Waals surface area contributed by atoms with Gasteiger partial charge in [-0.05, 0) is 49.6 Å². The van der Waals surface area contributed by atoms with Crippen LogP contribution in [0.4, 0.5) is 0 Å². The van der Waals surface area contributed by atoms with Gasteiger partial charge in [-0.3, -0.25) is 4.57 Å². The quantitative estimate of drug-likeness (QED) is 0.584. The number of aromatic nitrogens is 6. The van der Waals surface area contributed by atoms with Crippen molar-refractivity contribution in [2.45, 2.75) is 31.8 Å². The third-order valence-corrected chi connectivity index (χ3v) is 5.18. The number of pyridine rings is 1. The van der Waals surface area contributed by atoms with Crippen LogP contribution in [-0.2, 0) is 13.0 Å². The minimum absolute atomic E-state index is 0.279. The monoisotopic (exact) mass is 371 g/mol. The second kappa shape index (κ2) is 7.36. The van der Waals surface area contributed by atoms with Crippen molar-refractivity contribution in [2.75, 3.05) is 0 Å². The molecule has 4 aromatic rings. The maximum atomic E-state index is 4.62. The van der Waals surface area contributed by atoms with Gasteiger partial charge in [0.15, 0.2) is 5.82 Å². The summed E-state index contributed by atoms with van der Waals surface area (Å²) < 4.78 is 4.00.